The normalized spacial score (nSPS) is 12.0. The molecule has 0 aliphatic rings. The minimum absolute atomic E-state index is 0.173. The molecule has 0 amide bonds. The average molecular weight is 150 g/mol. The van der Waals surface area contributed by atoms with Crippen LogP contribution in [0, 0.1) is 5.41 Å². The van der Waals surface area contributed by atoms with Crippen molar-refractivity contribution in [2.45, 2.75) is 27.7 Å². The molecule has 0 aromatic rings. The molecule has 0 nitrogen and oxygen atoms in total. The van der Waals surface area contributed by atoms with Crippen LogP contribution in [0.25, 0.3) is 0 Å². The molecule has 0 N–H and O–H groups in total. The smallest absolute Gasteiger partial charge is 0.0138 e. The first kappa shape index (κ1) is 10.2. The Bertz CT molecular complexity index is 187. The molecule has 0 bridgehead atoms. The van der Waals surface area contributed by atoms with Gasteiger partial charge in [-0.15, -0.1) is 0 Å². The van der Waals surface area contributed by atoms with Gasteiger partial charge in [0.05, 0.1) is 0 Å². The van der Waals surface area contributed by atoms with Crippen molar-refractivity contribution in [1.82, 2.24) is 0 Å². The van der Waals surface area contributed by atoms with E-state index in [-0.39, 0.29) is 5.41 Å². The molecule has 0 rings (SSSR count). The quantitative estimate of drug-likeness (QED) is 0.526. The summed E-state index contributed by atoms with van der Waals surface area (Å²) in [5, 5.41) is 0. The largest absolute Gasteiger partial charge is 0.0961 e. The molecule has 0 aliphatic heterocycles. The van der Waals surface area contributed by atoms with Crippen molar-refractivity contribution in [1.29, 1.82) is 0 Å². The molecule has 0 radical (unpaired) electrons. The Morgan fingerprint density at radius 2 is 1.55 bits per heavy atom. The van der Waals surface area contributed by atoms with Gasteiger partial charge in [-0.1, -0.05) is 51.7 Å². The molecule has 0 saturated heterocycles. The van der Waals surface area contributed by atoms with Gasteiger partial charge in [0.2, 0.25) is 0 Å². The van der Waals surface area contributed by atoms with Gasteiger partial charge in [-0.3, -0.25) is 0 Å². The van der Waals surface area contributed by atoms with E-state index in [1.165, 1.54) is 0 Å². The van der Waals surface area contributed by atoms with Crippen molar-refractivity contribution >= 4 is 0 Å². The van der Waals surface area contributed by atoms with Crippen LogP contribution in [0.15, 0.2) is 36.5 Å². The van der Waals surface area contributed by atoms with Crippen LogP contribution in [0.2, 0.25) is 0 Å². The van der Waals surface area contributed by atoms with Gasteiger partial charge in [0.15, 0.2) is 0 Å². The predicted molar refractivity (Wildman–Crippen MR) is 52.5 cm³/mol. The maximum absolute atomic E-state index is 3.97. The van der Waals surface area contributed by atoms with Crippen molar-refractivity contribution in [3.63, 3.8) is 0 Å². The fourth-order valence-electron chi connectivity index (χ4n) is 0.493. The molecule has 0 heteroatoms. The Kier molecular flexibility index (Phi) is 3.31. The minimum Gasteiger partial charge on any atom is -0.0961 e. The summed E-state index contributed by atoms with van der Waals surface area (Å²) < 4.78 is 0. The van der Waals surface area contributed by atoms with Crippen LogP contribution in [-0.4, -0.2) is 0 Å². The lowest BCUT2D eigenvalue weighted by atomic mass is 9.87. The zero-order valence-corrected chi connectivity index (χ0v) is 8.07. The van der Waals surface area contributed by atoms with Crippen LogP contribution in [0.3, 0.4) is 0 Å². The van der Waals surface area contributed by atoms with Crippen LogP contribution in [0.1, 0.15) is 27.7 Å². The van der Waals surface area contributed by atoms with E-state index in [0.29, 0.717) is 0 Å². The van der Waals surface area contributed by atoms with Crippen molar-refractivity contribution in [3.05, 3.63) is 36.5 Å². The van der Waals surface area contributed by atoms with Gasteiger partial charge in [-0.05, 0) is 17.9 Å². The summed E-state index contributed by atoms with van der Waals surface area (Å²) in [6, 6.07) is 0. The van der Waals surface area contributed by atoms with E-state index in [1.54, 1.807) is 0 Å². The van der Waals surface area contributed by atoms with Gasteiger partial charge >= 0.3 is 0 Å². The topological polar surface area (TPSA) is 0 Å². The lowest BCUT2D eigenvalue weighted by Gasteiger charge is -2.18. The summed E-state index contributed by atoms with van der Waals surface area (Å²) in [6.45, 7) is 16.2. The zero-order chi connectivity index (χ0) is 9.07. The highest BCUT2D eigenvalue weighted by Crippen LogP contribution is 2.24. The lowest BCUT2D eigenvalue weighted by Crippen LogP contribution is -2.05. The molecule has 0 unspecified atom stereocenters. The second-order valence-electron chi connectivity index (χ2n) is 3.95. The molecule has 62 valence electrons. The summed E-state index contributed by atoms with van der Waals surface area (Å²) >= 11 is 0. The molecule has 0 saturated carbocycles. The Morgan fingerprint density at radius 3 is 1.82 bits per heavy atom. The maximum Gasteiger partial charge on any atom is -0.0138 e. The van der Waals surface area contributed by atoms with E-state index >= 15 is 0 Å². The lowest BCUT2D eigenvalue weighted by molar-refractivity contribution is 0.519. The van der Waals surface area contributed by atoms with Crippen molar-refractivity contribution < 1.29 is 0 Å². The summed E-state index contributed by atoms with van der Waals surface area (Å²) in [6.07, 6.45) is 4.02. The Balaban J connectivity index is 4.20. The van der Waals surface area contributed by atoms with Crippen LogP contribution < -0.4 is 0 Å². The highest BCUT2D eigenvalue weighted by Gasteiger charge is 2.11. The highest BCUT2D eigenvalue weighted by molar-refractivity contribution is 5.26. The molecule has 0 spiro atoms. The van der Waals surface area contributed by atoms with Crippen LogP contribution >= 0.6 is 0 Å². The number of allylic oxidation sites excluding steroid dienone is 4. The molecule has 0 aromatic carbocycles. The third kappa shape index (κ3) is 4.60. The molecular weight excluding hydrogens is 132 g/mol. The van der Waals surface area contributed by atoms with E-state index in [0.717, 1.165) is 11.1 Å². The first-order valence-electron chi connectivity index (χ1n) is 3.87. The van der Waals surface area contributed by atoms with Gasteiger partial charge in [-0.25, -0.2) is 0 Å². The van der Waals surface area contributed by atoms with Crippen LogP contribution in [-0.2, 0) is 0 Å². The molecule has 0 aliphatic carbocycles. The summed E-state index contributed by atoms with van der Waals surface area (Å²) in [5.74, 6) is 0. The van der Waals surface area contributed by atoms with Gasteiger partial charge in [0, 0.05) is 0 Å². The Labute approximate surface area is 70.3 Å². The predicted octanol–water partition coefficient (Wildman–Crippen LogP) is 3.72. The first-order valence-corrected chi connectivity index (χ1v) is 3.87. The number of rotatable bonds is 2. The van der Waals surface area contributed by atoms with E-state index in [1.807, 2.05) is 19.1 Å². The summed E-state index contributed by atoms with van der Waals surface area (Å²) in [4.78, 5) is 0. The second kappa shape index (κ2) is 3.56. The average Bonchev–Trinajstić information content (AvgIpc) is 1.80. The molecule has 0 fully saturated rings. The van der Waals surface area contributed by atoms with Gasteiger partial charge in [0.25, 0.3) is 0 Å². The SMILES string of the molecule is C=C(C)C=CC(=C)C(C)(C)C. The zero-order valence-electron chi connectivity index (χ0n) is 8.07. The summed E-state index contributed by atoms with van der Waals surface area (Å²) in [5.41, 5.74) is 2.38. The molecule has 11 heavy (non-hydrogen) atoms. The molecule has 0 atom stereocenters. The first-order chi connectivity index (χ1) is 4.84. The number of hydrogen-bond acceptors (Lipinski definition) is 0. The van der Waals surface area contributed by atoms with Gasteiger partial charge in [0.1, 0.15) is 0 Å². The molecule has 0 aromatic heterocycles. The van der Waals surface area contributed by atoms with E-state index < -0.39 is 0 Å². The fraction of sp³-hybridized carbons (Fsp3) is 0.455. The van der Waals surface area contributed by atoms with E-state index in [2.05, 4.69) is 33.9 Å². The number of hydrogen-bond donors (Lipinski definition) is 0. The summed E-state index contributed by atoms with van der Waals surface area (Å²) in [7, 11) is 0. The fourth-order valence-corrected chi connectivity index (χ4v) is 0.493. The third-order valence-corrected chi connectivity index (χ3v) is 1.53. The van der Waals surface area contributed by atoms with Crippen LogP contribution in [0.4, 0.5) is 0 Å². The third-order valence-electron chi connectivity index (χ3n) is 1.53. The monoisotopic (exact) mass is 150 g/mol. The molecule has 0 heterocycles. The van der Waals surface area contributed by atoms with Crippen LogP contribution in [0.5, 0.6) is 0 Å². The van der Waals surface area contributed by atoms with E-state index in [4.69, 9.17) is 0 Å². The minimum atomic E-state index is 0.173. The van der Waals surface area contributed by atoms with E-state index in [9.17, 15) is 0 Å². The van der Waals surface area contributed by atoms with Gasteiger partial charge < -0.3 is 0 Å². The molecular formula is C11H18. The standard InChI is InChI=1S/C11H18/c1-9(2)7-8-10(3)11(4,5)6/h7-8H,1,3H2,2,4-6H3. The second-order valence-corrected chi connectivity index (χ2v) is 3.95. The highest BCUT2D eigenvalue weighted by atomic mass is 14.2. The van der Waals surface area contributed by atoms with Crippen molar-refractivity contribution in [2.24, 2.45) is 5.41 Å². The van der Waals surface area contributed by atoms with Gasteiger partial charge in [-0.2, -0.15) is 0 Å². The Hall–Kier alpha value is -0.780. The van der Waals surface area contributed by atoms with Crippen molar-refractivity contribution in [2.75, 3.05) is 0 Å². The Morgan fingerprint density at radius 1 is 1.09 bits per heavy atom. The van der Waals surface area contributed by atoms with Crippen molar-refractivity contribution in [3.8, 4) is 0 Å². The maximum atomic E-state index is 3.97.